The lowest BCUT2D eigenvalue weighted by Gasteiger charge is -2.16. The third-order valence-corrected chi connectivity index (χ3v) is 4.09. The number of hydrogen-bond donors (Lipinski definition) is 1. The maximum Gasteiger partial charge on any atom is 0.433 e. The average molecular weight is 379 g/mol. The lowest BCUT2D eigenvalue weighted by Crippen LogP contribution is -2.25. The number of pyridine rings is 2. The van der Waals surface area contributed by atoms with Crippen molar-refractivity contribution in [2.45, 2.75) is 6.18 Å². The minimum absolute atomic E-state index is 0.108. The predicted octanol–water partition coefficient (Wildman–Crippen LogP) is 3.97. The number of benzene rings is 1. The molecular formula is C17H10ClF3N4O. The molecule has 0 radical (unpaired) electrons. The summed E-state index contributed by atoms with van der Waals surface area (Å²) < 4.78 is 40.3. The zero-order chi connectivity index (χ0) is 19.1. The van der Waals surface area contributed by atoms with Gasteiger partial charge in [-0.1, -0.05) is 23.7 Å². The molecule has 0 bridgehead atoms. The molecule has 26 heavy (non-hydrogen) atoms. The Morgan fingerprint density at radius 1 is 1.23 bits per heavy atom. The normalized spacial score (nSPS) is 11.4. The molecule has 0 atom stereocenters. The van der Waals surface area contributed by atoms with Crippen LogP contribution in [-0.4, -0.2) is 16.6 Å². The molecule has 0 saturated heterocycles. The smallest absolute Gasteiger partial charge is 0.386 e. The number of alkyl halides is 3. The zero-order valence-electron chi connectivity index (χ0n) is 13.2. The summed E-state index contributed by atoms with van der Waals surface area (Å²) in [7, 11) is 1.46. The van der Waals surface area contributed by atoms with E-state index in [1.165, 1.54) is 25.2 Å². The second kappa shape index (κ2) is 6.35. The summed E-state index contributed by atoms with van der Waals surface area (Å²) in [5, 5.41) is 12.4. The van der Waals surface area contributed by atoms with Crippen molar-refractivity contribution in [3.05, 3.63) is 63.0 Å². The highest BCUT2D eigenvalue weighted by Crippen LogP contribution is 2.32. The van der Waals surface area contributed by atoms with Crippen molar-refractivity contribution in [1.82, 2.24) is 9.55 Å². The van der Waals surface area contributed by atoms with Crippen LogP contribution in [-0.2, 0) is 6.18 Å². The molecule has 5 nitrogen and oxygen atoms in total. The number of halogens is 4. The molecule has 0 saturated carbocycles. The van der Waals surface area contributed by atoms with Gasteiger partial charge in [-0.3, -0.25) is 9.36 Å². The standard InChI is InChI=1S/C17H10ClF3N4O/c1-23-14-9-6-7-13(17(19,20)21)24-15(9)25(16(26)10(14)8-22)12-5-3-2-4-11(12)18/h2-7,23H,1H3. The van der Waals surface area contributed by atoms with E-state index >= 15 is 0 Å². The van der Waals surface area contributed by atoms with Crippen LogP contribution < -0.4 is 10.9 Å². The molecule has 0 aliphatic heterocycles. The summed E-state index contributed by atoms with van der Waals surface area (Å²) in [5.41, 5.74) is -2.23. The van der Waals surface area contributed by atoms with E-state index in [-0.39, 0.29) is 33.0 Å². The topological polar surface area (TPSA) is 70.7 Å². The predicted molar refractivity (Wildman–Crippen MR) is 91.6 cm³/mol. The van der Waals surface area contributed by atoms with Gasteiger partial charge in [0, 0.05) is 12.4 Å². The minimum atomic E-state index is -4.69. The summed E-state index contributed by atoms with van der Waals surface area (Å²) in [6.07, 6.45) is -4.69. The molecule has 1 N–H and O–H groups in total. The van der Waals surface area contributed by atoms with Crippen LogP contribution in [0, 0.1) is 11.3 Å². The molecule has 0 fully saturated rings. The maximum atomic E-state index is 13.1. The second-order valence-electron chi connectivity index (χ2n) is 5.27. The van der Waals surface area contributed by atoms with E-state index in [1.54, 1.807) is 18.2 Å². The van der Waals surface area contributed by atoms with Gasteiger partial charge < -0.3 is 5.32 Å². The molecule has 0 aliphatic rings. The third kappa shape index (κ3) is 2.76. The van der Waals surface area contributed by atoms with Crippen LogP contribution in [0.2, 0.25) is 5.02 Å². The van der Waals surface area contributed by atoms with Gasteiger partial charge in [0.15, 0.2) is 0 Å². The average Bonchev–Trinajstić information content (AvgIpc) is 2.60. The van der Waals surface area contributed by atoms with Gasteiger partial charge in [0.1, 0.15) is 23.0 Å². The molecule has 1 aromatic carbocycles. The number of nitriles is 1. The molecule has 0 spiro atoms. The van der Waals surface area contributed by atoms with E-state index in [1.807, 2.05) is 0 Å². The van der Waals surface area contributed by atoms with E-state index < -0.39 is 17.4 Å². The fourth-order valence-corrected chi connectivity index (χ4v) is 2.86. The fraction of sp³-hybridized carbons (Fsp3) is 0.118. The highest BCUT2D eigenvalue weighted by molar-refractivity contribution is 6.32. The van der Waals surface area contributed by atoms with Gasteiger partial charge in [0.2, 0.25) is 0 Å². The second-order valence-corrected chi connectivity index (χ2v) is 5.68. The number of fused-ring (bicyclic) bond motifs is 1. The van der Waals surface area contributed by atoms with Gasteiger partial charge in [-0.05, 0) is 24.3 Å². The molecule has 0 amide bonds. The first-order chi connectivity index (χ1) is 12.3. The zero-order valence-corrected chi connectivity index (χ0v) is 14.0. The molecule has 2 heterocycles. The third-order valence-electron chi connectivity index (χ3n) is 3.77. The summed E-state index contributed by atoms with van der Waals surface area (Å²) in [6.45, 7) is 0. The van der Waals surface area contributed by atoms with Gasteiger partial charge in [-0.25, -0.2) is 4.98 Å². The number of para-hydroxylation sites is 1. The molecule has 132 valence electrons. The van der Waals surface area contributed by atoms with Gasteiger partial charge in [-0.2, -0.15) is 18.4 Å². The lowest BCUT2D eigenvalue weighted by molar-refractivity contribution is -0.141. The van der Waals surface area contributed by atoms with Crippen molar-refractivity contribution in [3.63, 3.8) is 0 Å². The first-order valence-electron chi connectivity index (χ1n) is 7.29. The molecule has 9 heteroatoms. The quantitative estimate of drug-likeness (QED) is 0.732. The minimum Gasteiger partial charge on any atom is -0.386 e. The van der Waals surface area contributed by atoms with Crippen molar-refractivity contribution in [2.75, 3.05) is 12.4 Å². The molecule has 0 unspecified atom stereocenters. The largest absolute Gasteiger partial charge is 0.433 e. The van der Waals surface area contributed by atoms with Crippen LogP contribution in [0.15, 0.2) is 41.2 Å². The van der Waals surface area contributed by atoms with Crippen LogP contribution in [0.4, 0.5) is 18.9 Å². The highest BCUT2D eigenvalue weighted by atomic mass is 35.5. The monoisotopic (exact) mass is 378 g/mol. The Bertz CT molecular complexity index is 1120. The Kier molecular flexibility index (Phi) is 4.34. The van der Waals surface area contributed by atoms with Crippen molar-refractivity contribution in [1.29, 1.82) is 5.26 Å². The molecule has 3 rings (SSSR count). The Morgan fingerprint density at radius 3 is 2.50 bits per heavy atom. The first-order valence-corrected chi connectivity index (χ1v) is 7.67. The Balaban J connectivity index is 2.57. The number of aromatic nitrogens is 2. The summed E-state index contributed by atoms with van der Waals surface area (Å²) in [6, 6.07) is 9.90. The maximum absolute atomic E-state index is 13.1. The van der Waals surface area contributed by atoms with E-state index in [9.17, 15) is 23.2 Å². The number of rotatable bonds is 2. The number of nitrogens with one attached hydrogen (secondary N) is 1. The number of hydrogen-bond acceptors (Lipinski definition) is 4. The van der Waals surface area contributed by atoms with Crippen LogP contribution in [0.25, 0.3) is 16.7 Å². The lowest BCUT2D eigenvalue weighted by atomic mass is 10.1. The van der Waals surface area contributed by atoms with E-state index in [0.717, 1.165) is 10.6 Å². The summed E-state index contributed by atoms with van der Waals surface area (Å²) >= 11 is 6.12. The highest BCUT2D eigenvalue weighted by Gasteiger charge is 2.33. The van der Waals surface area contributed by atoms with Gasteiger partial charge in [0.25, 0.3) is 5.56 Å². The molecule has 3 aromatic rings. The van der Waals surface area contributed by atoms with Gasteiger partial charge in [-0.15, -0.1) is 0 Å². The van der Waals surface area contributed by atoms with Crippen LogP contribution in [0.1, 0.15) is 11.3 Å². The van der Waals surface area contributed by atoms with Crippen molar-refractivity contribution >= 4 is 28.3 Å². The molecular weight excluding hydrogens is 369 g/mol. The Labute approximate surface area is 150 Å². The Morgan fingerprint density at radius 2 is 1.92 bits per heavy atom. The summed E-state index contributed by atoms with van der Waals surface area (Å²) in [4.78, 5) is 16.5. The SMILES string of the molecule is CNc1c(C#N)c(=O)n(-c2ccccc2Cl)c2nc(C(F)(F)F)ccc12. The van der Waals surface area contributed by atoms with Crippen LogP contribution in [0.3, 0.4) is 0 Å². The number of anilines is 1. The van der Waals surface area contributed by atoms with Crippen molar-refractivity contribution in [2.24, 2.45) is 0 Å². The van der Waals surface area contributed by atoms with Crippen LogP contribution in [0.5, 0.6) is 0 Å². The Hall–Kier alpha value is -3.05. The van der Waals surface area contributed by atoms with Crippen LogP contribution >= 0.6 is 11.6 Å². The van der Waals surface area contributed by atoms with Gasteiger partial charge >= 0.3 is 6.18 Å². The van der Waals surface area contributed by atoms with E-state index in [2.05, 4.69) is 10.3 Å². The van der Waals surface area contributed by atoms with E-state index in [4.69, 9.17) is 11.6 Å². The molecule has 0 aliphatic carbocycles. The molecule has 2 aromatic heterocycles. The first kappa shape index (κ1) is 17.8. The van der Waals surface area contributed by atoms with Crippen molar-refractivity contribution in [3.8, 4) is 11.8 Å². The fourth-order valence-electron chi connectivity index (χ4n) is 2.64. The van der Waals surface area contributed by atoms with E-state index in [0.29, 0.717) is 0 Å². The van der Waals surface area contributed by atoms with Gasteiger partial charge in [0.05, 0.1) is 16.4 Å². The van der Waals surface area contributed by atoms with Crippen molar-refractivity contribution < 1.29 is 13.2 Å². The number of nitrogens with zero attached hydrogens (tertiary/aromatic N) is 3. The summed E-state index contributed by atoms with van der Waals surface area (Å²) in [5.74, 6) is 0.